The third-order valence-corrected chi connectivity index (χ3v) is 7.79. The molecule has 0 spiro atoms. The van der Waals surface area contributed by atoms with E-state index in [0.717, 1.165) is 20.4 Å². The van der Waals surface area contributed by atoms with Gasteiger partial charge in [0.2, 0.25) is 5.91 Å². The summed E-state index contributed by atoms with van der Waals surface area (Å²) in [7, 11) is -3.99. The van der Waals surface area contributed by atoms with Crippen LogP contribution in [0.5, 0.6) is 0 Å². The van der Waals surface area contributed by atoms with E-state index in [2.05, 4.69) is 14.7 Å². The lowest BCUT2D eigenvalue weighted by Crippen LogP contribution is -2.31. The molecule has 0 saturated heterocycles. The topological polar surface area (TPSA) is 115 Å². The van der Waals surface area contributed by atoms with Gasteiger partial charge in [0.05, 0.1) is 22.0 Å². The van der Waals surface area contributed by atoms with E-state index in [4.69, 9.17) is 5.73 Å². The fraction of sp³-hybridized carbons (Fsp3) is 0.0952. The molecule has 0 unspecified atom stereocenters. The number of nitrogens with one attached hydrogen (secondary N) is 1. The summed E-state index contributed by atoms with van der Waals surface area (Å²) in [6, 6.07) is 15.9. The molecule has 1 amide bonds. The standard InChI is InChI=1S/C21H20N4O3S3/c1-15(22)13-17(24-16-5-3-2-4-6-16)14-19(26)25-31(27,28)21-8-7-20(30-21)29-18-9-11-23-12-10-18/h2-13H,14,22H2,1H3,(H,25,26). The molecule has 1 aromatic carbocycles. The van der Waals surface area contributed by atoms with Gasteiger partial charge in [0.15, 0.2) is 0 Å². The van der Waals surface area contributed by atoms with Gasteiger partial charge in [-0.3, -0.25) is 14.8 Å². The van der Waals surface area contributed by atoms with Crippen LogP contribution in [0.3, 0.4) is 0 Å². The number of hydrogen-bond acceptors (Lipinski definition) is 8. The number of nitrogens with two attached hydrogens (primary N) is 1. The number of para-hydroxylation sites is 1. The highest BCUT2D eigenvalue weighted by Crippen LogP contribution is 2.34. The first-order valence-corrected chi connectivity index (χ1v) is 12.2. The van der Waals surface area contributed by atoms with E-state index in [1.807, 2.05) is 30.3 Å². The molecule has 0 aliphatic heterocycles. The molecule has 0 atom stereocenters. The molecule has 0 aliphatic rings. The minimum atomic E-state index is -3.99. The smallest absolute Gasteiger partial charge is 0.273 e. The van der Waals surface area contributed by atoms with Gasteiger partial charge in [-0.25, -0.2) is 13.1 Å². The Bertz CT molecular complexity index is 1200. The Labute approximate surface area is 189 Å². The van der Waals surface area contributed by atoms with Crippen molar-refractivity contribution >= 4 is 50.4 Å². The number of pyridine rings is 1. The minimum Gasteiger partial charge on any atom is -0.402 e. The molecule has 2 heterocycles. The number of benzene rings is 1. The largest absolute Gasteiger partial charge is 0.402 e. The summed E-state index contributed by atoms with van der Waals surface area (Å²) in [4.78, 5) is 21.8. The first-order valence-electron chi connectivity index (χ1n) is 9.11. The van der Waals surface area contributed by atoms with E-state index in [0.29, 0.717) is 17.1 Å². The monoisotopic (exact) mass is 472 g/mol. The number of thiophene rings is 1. The number of aromatic nitrogens is 1. The molecule has 10 heteroatoms. The van der Waals surface area contributed by atoms with Crippen LogP contribution >= 0.6 is 23.1 Å². The summed E-state index contributed by atoms with van der Waals surface area (Å²) in [6.45, 7) is 1.67. The van der Waals surface area contributed by atoms with Crippen molar-refractivity contribution in [3.63, 3.8) is 0 Å². The summed E-state index contributed by atoms with van der Waals surface area (Å²) < 4.78 is 28.3. The SMILES string of the molecule is CC(N)=CC(CC(=O)NS(=O)(=O)c1ccc(Sc2ccncc2)s1)=Nc1ccccc1. The maximum Gasteiger partial charge on any atom is 0.273 e. The van der Waals surface area contributed by atoms with Crippen LogP contribution in [0.2, 0.25) is 0 Å². The quantitative estimate of drug-likeness (QED) is 0.477. The lowest BCUT2D eigenvalue weighted by Gasteiger charge is -2.06. The third kappa shape index (κ3) is 7.06. The van der Waals surface area contributed by atoms with E-state index in [1.54, 1.807) is 43.6 Å². The second kappa shape index (κ2) is 10.4. The summed E-state index contributed by atoms with van der Waals surface area (Å²) >= 11 is 2.51. The number of carbonyl (C=O) groups is 1. The minimum absolute atomic E-state index is 0.0597. The fourth-order valence-corrected chi connectivity index (χ4v) is 6.01. The highest BCUT2D eigenvalue weighted by Gasteiger charge is 2.21. The number of carbonyl (C=O) groups excluding carboxylic acids is 1. The number of amides is 1. The van der Waals surface area contributed by atoms with Gasteiger partial charge in [-0.15, -0.1) is 11.3 Å². The molecule has 31 heavy (non-hydrogen) atoms. The highest BCUT2D eigenvalue weighted by atomic mass is 32.3. The van der Waals surface area contributed by atoms with E-state index < -0.39 is 15.9 Å². The molecule has 0 fully saturated rings. The first-order chi connectivity index (χ1) is 14.8. The number of nitrogens with zero attached hydrogens (tertiary/aromatic N) is 2. The molecule has 0 bridgehead atoms. The summed E-state index contributed by atoms with van der Waals surface area (Å²) in [5, 5.41) is 0. The molecule has 0 radical (unpaired) electrons. The van der Waals surface area contributed by atoms with Crippen molar-refractivity contribution in [1.82, 2.24) is 9.71 Å². The van der Waals surface area contributed by atoms with Crippen molar-refractivity contribution in [3.8, 4) is 0 Å². The van der Waals surface area contributed by atoms with Gasteiger partial charge in [0.25, 0.3) is 10.0 Å². The van der Waals surface area contributed by atoms with Gasteiger partial charge in [0, 0.05) is 23.0 Å². The Morgan fingerprint density at radius 2 is 1.87 bits per heavy atom. The van der Waals surface area contributed by atoms with E-state index in [-0.39, 0.29) is 10.6 Å². The molecule has 3 N–H and O–H groups in total. The van der Waals surface area contributed by atoms with Crippen LogP contribution < -0.4 is 10.5 Å². The molecule has 3 aromatic rings. The van der Waals surface area contributed by atoms with Crippen molar-refractivity contribution in [2.24, 2.45) is 10.7 Å². The van der Waals surface area contributed by atoms with Gasteiger partial charge in [0.1, 0.15) is 4.21 Å². The van der Waals surface area contributed by atoms with Gasteiger partial charge in [-0.1, -0.05) is 30.0 Å². The van der Waals surface area contributed by atoms with E-state index >= 15 is 0 Å². The second-order valence-corrected chi connectivity index (χ2v) is 10.8. The molecular weight excluding hydrogens is 452 g/mol. The average Bonchev–Trinajstić information content (AvgIpc) is 3.18. The van der Waals surface area contributed by atoms with Crippen molar-refractivity contribution in [3.05, 3.63) is 78.8 Å². The molecule has 7 nitrogen and oxygen atoms in total. The predicted molar refractivity (Wildman–Crippen MR) is 124 cm³/mol. The van der Waals surface area contributed by atoms with Gasteiger partial charge in [-0.2, -0.15) is 0 Å². The van der Waals surface area contributed by atoms with Crippen LogP contribution in [-0.2, 0) is 14.8 Å². The van der Waals surface area contributed by atoms with E-state index in [9.17, 15) is 13.2 Å². The van der Waals surface area contributed by atoms with Crippen molar-refractivity contribution in [2.75, 3.05) is 0 Å². The van der Waals surface area contributed by atoms with Crippen LogP contribution in [0.25, 0.3) is 0 Å². The normalized spacial score (nSPS) is 12.5. The highest BCUT2D eigenvalue weighted by molar-refractivity contribution is 8.01. The Hall–Kier alpha value is -2.95. The third-order valence-electron chi connectivity index (χ3n) is 3.70. The predicted octanol–water partition coefficient (Wildman–Crippen LogP) is 4.12. The van der Waals surface area contributed by atoms with E-state index in [1.165, 1.54) is 17.8 Å². The first kappa shape index (κ1) is 22.7. The van der Waals surface area contributed by atoms with Crippen LogP contribution in [0.15, 0.2) is 97.1 Å². The average molecular weight is 473 g/mol. The zero-order valence-electron chi connectivity index (χ0n) is 16.6. The number of allylic oxidation sites excluding steroid dienone is 2. The molecular formula is C21H20N4O3S3. The number of sulfonamides is 1. The lowest BCUT2D eigenvalue weighted by molar-refractivity contribution is -0.118. The molecule has 160 valence electrons. The Morgan fingerprint density at radius 1 is 1.16 bits per heavy atom. The molecule has 0 aliphatic carbocycles. The summed E-state index contributed by atoms with van der Waals surface area (Å²) in [6.07, 6.45) is 4.65. The maximum atomic E-state index is 12.6. The van der Waals surface area contributed by atoms with Crippen LogP contribution in [0.4, 0.5) is 5.69 Å². The Balaban J connectivity index is 1.71. The molecule has 0 saturated carbocycles. The van der Waals surface area contributed by atoms with Crippen LogP contribution in [-0.4, -0.2) is 25.0 Å². The van der Waals surface area contributed by atoms with Crippen molar-refractivity contribution in [1.29, 1.82) is 0 Å². The molecule has 3 rings (SSSR count). The summed E-state index contributed by atoms with van der Waals surface area (Å²) in [5.41, 5.74) is 7.19. The molecule has 2 aromatic heterocycles. The Morgan fingerprint density at radius 3 is 2.55 bits per heavy atom. The van der Waals surface area contributed by atoms with Crippen molar-refractivity contribution < 1.29 is 13.2 Å². The van der Waals surface area contributed by atoms with Gasteiger partial charge >= 0.3 is 0 Å². The summed E-state index contributed by atoms with van der Waals surface area (Å²) in [5.74, 6) is -0.691. The van der Waals surface area contributed by atoms with Crippen LogP contribution in [0, 0.1) is 0 Å². The lowest BCUT2D eigenvalue weighted by atomic mass is 10.2. The zero-order valence-corrected chi connectivity index (χ0v) is 19.0. The van der Waals surface area contributed by atoms with Gasteiger partial charge < -0.3 is 5.73 Å². The fourth-order valence-electron chi connectivity index (χ4n) is 2.48. The zero-order chi connectivity index (χ0) is 22.3. The number of rotatable bonds is 8. The number of hydrogen-bond donors (Lipinski definition) is 2. The van der Waals surface area contributed by atoms with Gasteiger partial charge in [-0.05, 0) is 49.4 Å². The maximum absolute atomic E-state index is 12.6. The number of aliphatic imine (C=N–C) groups is 1. The van der Waals surface area contributed by atoms with Crippen LogP contribution in [0.1, 0.15) is 13.3 Å². The second-order valence-electron chi connectivity index (χ2n) is 6.39. The Kier molecular flexibility index (Phi) is 7.61. The van der Waals surface area contributed by atoms with Crippen molar-refractivity contribution in [2.45, 2.75) is 26.7 Å².